The maximum atomic E-state index is 14.3. The largest absolute Gasteiger partial charge is 0.330 e. The zero-order valence-electron chi connectivity index (χ0n) is 23.3. The van der Waals surface area contributed by atoms with Gasteiger partial charge in [-0.05, 0) is 56.0 Å². The second kappa shape index (κ2) is 12.7. The van der Waals surface area contributed by atoms with E-state index in [0.29, 0.717) is 48.7 Å². The lowest BCUT2D eigenvalue weighted by molar-refractivity contribution is 0.0602. The van der Waals surface area contributed by atoms with Gasteiger partial charge in [-0.15, -0.1) is 0 Å². The number of aromatic nitrogens is 2. The van der Waals surface area contributed by atoms with Crippen molar-refractivity contribution in [1.82, 2.24) is 14.5 Å². The molecule has 1 unspecified atom stereocenters. The van der Waals surface area contributed by atoms with Gasteiger partial charge in [-0.3, -0.25) is 14.2 Å². The van der Waals surface area contributed by atoms with Gasteiger partial charge in [0.1, 0.15) is 5.82 Å². The molecule has 0 saturated carbocycles. The Bertz CT molecular complexity index is 1450. The molecule has 6 heteroatoms. The van der Waals surface area contributed by atoms with Gasteiger partial charge in [-0.2, -0.15) is 0 Å². The first-order valence-electron chi connectivity index (χ1n) is 13.6. The van der Waals surface area contributed by atoms with Crippen LogP contribution in [0.3, 0.4) is 0 Å². The summed E-state index contributed by atoms with van der Waals surface area (Å²) in [7, 11) is 0. The van der Waals surface area contributed by atoms with Gasteiger partial charge < -0.3 is 10.6 Å². The standard InChI is InChI=1S/C33H38N4O2/c1-23(2)30(36(21-11-20-34)32(38)28-18-16-24(3)17-19-28)31-35-25(4)29(27-14-9-6-10-15-27)33(39)37(31)22-26-12-7-5-8-13-26/h5-10,12-19,23,30H,11,20-22,34H2,1-4H3. The maximum absolute atomic E-state index is 14.3. The van der Waals surface area contributed by atoms with Gasteiger partial charge in [0, 0.05) is 12.1 Å². The summed E-state index contributed by atoms with van der Waals surface area (Å²) in [6.45, 7) is 9.30. The molecule has 0 aliphatic heterocycles. The molecule has 1 amide bonds. The molecule has 0 radical (unpaired) electrons. The molecule has 1 aromatic heterocycles. The predicted molar refractivity (Wildman–Crippen MR) is 158 cm³/mol. The Balaban J connectivity index is 1.93. The molecular weight excluding hydrogens is 484 g/mol. The highest BCUT2D eigenvalue weighted by atomic mass is 16.2. The molecule has 4 aromatic rings. The van der Waals surface area contributed by atoms with Crippen LogP contribution in [-0.2, 0) is 6.54 Å². The van der Waals surface area contributed by atoms with E-state index in [1.807, 2.05) is 104 Å². The van der Waals surface area contributed by atoms with Crippen molar-refractivity contribution in [2.75, 3.05) is 13.1 Å². The van der Waals surface area contributed by atoms with Gasteiger partial charge in [-0.1, -0.05) is 92.2 Å². The Morgan fingerprint density at radius 2 is 1.54 bits per heavy atom. The summed E-state index contributed by atoms with van der Waals surface area (Å²) < 4.78 is 1.76. The minimum atomic E-state index is -0.426. The number of carbonyl (C=O) groups is 1. The van der Waals surface area contributed by atoms with E-state index in [-0.39, 0.29) is 17.4 Å². The topological polar surface area (TPSA) is 81.2 Å². The van der Waals surface area contributed by atoms with E-state index >= 15 is 0 Å². The fraction of sp³-hybridized carbons (Fsp3) is 0.303. The normalized spacial score (nSPS) is 11.9. The first-order valence-corrected chi connectivity index (χ1v) is 13.6. The van der Waals surface area contributed by atoms with Crippen LogP contribution < -0.4 is 11.3 Å². The number of benzene rings is 3. The minimum absolute atomic E-state index is 0.00642. The predicted octanol–water partition coefficient (Wildman–Crippen LogP) is 5.76. The van der Waals surface area contributed by atoms with Gasteiger partial charge in [-0.25, -0.2) is 4.98 Å². The van der Waals surface area contributed by atoms with E-state index in [1.165, 1.54) is 0 Å². The van der Waals surface area contributed by atoms with E-state index in [9.17, 15) is 9.59 Å². The smallest absolute Gasteiger partial charge is 0.262 e. The van der Waals surface area contributed by atoms with Crippen LogP contribution in [0.2, 0.25) is 0 Å². The van der Waals surface area contributed by atoms with Crippen molar-refractivity contribution < 1.29 is 4.79 Å². The van der Waals surface area contributed by atoms with Crippen LogP contribution in [0.4, 0.5) is 0 Å². The average Bonchev–Trinajstić information content (AvgIpc) is 2.93. The number of amides is 1. The van der Waals surface area contributed by atoms with Gasteiger partial charge in [0.05, 0.1) is 23.8 Å². The monoisotopic (exact) mass is 522 g/mol. The Morgan fingerprint density at radius 1 is 0.923 bits per heavy atom. The third-order valence-electron chi connectivity index (χ3n) is 7.02. The second-order valence-electron chi connectivity index (χ2n) is 10.4. The van der Waals surface area contributed by atoms with Crippen molar-refractivity contribution in [2.45, 2.75) is 46.7 Å². The minimum Gasteiger partial charge on any atom is -0.330 e. The highest BCUT2D eigenvalue weighted by molar-refractivity contribution is 5.94. The van der Waals surface area contributed by atoms with Crippen LogP contribution in [-0.4, -0.2) is 33.4 Å². The summed E-state index contributed by atoms with van der Waals surface area (Å²) in [5.74, 6) is 0.494. The van der Waals surface area contributed by atoms with E-state index < -0.39 is 6.04 Å². The van der Waals surface area contributed by atoms with Gasteiger partial charge in [0.15, 0.2) is 0 Å². The maximum Gasteiger partial charge on any atom is 0.262 e. The third kappa shape index (κ3) is 6.35. The van der Waals surface area contributed by atoms with Crippen LogP contribution in [0.25, 0.3) is 11.1 Å². The lowest BCUT2D eigenvalue weighted by atomic mass is 9.98. The highest BCUT2D eigenvalue weighted by Crippen LogP contribution is 2.31. The van der Waals surface area contributed by atoms with Crippen LogP contribution >= 0.6 is 0 Å². The highest BCUT2D eigenvalue weighted by Gasteiger charge is 2.33. The van der Waals surface area contributed by atoms with Crippen molar-refractivity contribution in [3.05, 3.63) is 123 Å². The molecule has 0 spiro atoms. The Hall–Kier alpha value is -4.03. The van der Waals surface area contributed by atoms with Crippen LogP contribution in [0.5, 0.6) is 0 Å². The zero-order chi connectivity index (χ0) is 27.9. The van der Waals surface area contributed by atoms with E-state index in [1.54, 1.807) is 4.57 Å². The molecule has 0 saturated heterocycles. The van der Waals surface area contributed by atoms with Crippen LogP contribution in [0.15, 0.2) is 89.7 Å². The fourth-order valence-electron chi connectivity index (χ4n) is 5.05. The molecule has 4 rings (SSSR count). The van der Waals surface area contributed by atoms with Gasteiger partial charge in [0.2, 0.25) is 0 Å². The van der Waals surface area contributed by atoms with Gasteiger partial charge >= 0.3 is 0 Å². The van der Waals surface area contributed by atoms with Crippen molar-refractivity contribution in [3.8, 4) is 11.1 Å². The molecular formula is C33H38N4O2. The van der Waals surface area contributed by atoms with Crippen molar-refractivity contribution in [3.63, 3.8) is 0 Å². The number of carbonyl (C=O) groups excluding carboxylic acids is 1. The fourth-order valence-corrected chi connectivity index (χ4v) is 5.05. The molecule has 3 aromatic carbocycles. The van der Waals surface area contributed by atoms with Crippen molar-refractivity contribution in [1.29, 1.82) is 0 Å². The number of rotatable bonds is 10. The molecule has 39 heavy (non-hydrogen) atoms. The number of aryl methyl sites for hydroxylation is 2. The number of nitrogens with two attached hydrogens (primary N) is 1. The first-order chi connectivity index (χ1) is 18.8. The molecule has 0 fully saturated rings. The van der Waals surface area contributed by atoms with E-state index in [4.69, 9.17) is 10.7 Å². The summed E-state index contributed by atoms with van der Waals surface area (Å²) >= 11 is 0. The summed E-state index contributed by atoms with van der Waals surface area (Å²) in [5, 5.41) is 0. The molecule has 0 bridgehead atoms. The Labute approximate surface area is 231 Å². The molecule has 6 nitrogen and oxygen atoms in total. The van der Waals surface area contributed by atoms with Crippen LogP contribution in [0.1, 0.15) is 59.3 Å². The van der Waals surface area contributed by atoms with Gasteiger partial charge in [0.25, 0.3) is 11.5 Å². The molecule has 1 atom stereocenters. The molecule has 202 valence electrons. The van der Waals surface area contributed by atoms with E-state index in [0.717, 1.165) is 16.7 Å². The summed E-state index contributed by atoms with van der Waals surface area (Å²) in [5.41, 5.74) is 10.5. The SMILES string of the molecule is Cc1ccc(C(=O)N(CCCN)C(c2nc(C)c(-c3ccccc3)c(=O)n2Cc2ccccc2)C(C)C)cc1. The second-order valence-corrected chi connectivity index (χ2v) is 10.4. The zero-order valence-corrected chi connectivity index (χ0v) is 23.3. The molecule has 1 heterocycles. The van der Waals surface area contributed by atoms with Crippen LogP contribution in [0, 0.1) is 19.8 Å². The summed E-state index contributed by atoms with van der Waals surface area (Å²) in [6.07, 6.45) is 0.644. The Morgan fingerprint density at radius 3 is 2.13 bits per heavy atom. The number of hydrogen-bond acceptors (Lipinski definition) is 4. The molecule has 2 N–H and O–H groups in total. The summed E-state index contributed by atoms with van der Waals surface area (Å²) in [4.78, 5) is 35.2. The molecule has 0 aliphatic rings. The van der Waals surface area contributed by atoms with Crippen molar-refractivity contribution in [2.24, 2.45) is 11.7 Å². The Kier molecular flexibility index (Phi) is 9.10. The lowest BCUT2D eigenvalue weighted by Gasteiger charge is -2.36. The number of nitrogens with zero attached hydrogens (tertiary/aromatic N) is 3. The van der Waals surface area contributed by atoms with Crippen molar-refractivity contribution >= 4 is 5.91 Å². The third-order valence-corrected chi connectivity index (χ3v) is 7.02. The first kappa shape index (κ1) is 28.0. The lowest BCUT2D eigenvalue weighted by Crippen LogP contribution is -2.42. The molecule has 0 aliphatic carbocycles. The quantitative estimate of drug-likeness (QED) is 0.287. The average molecular weight is 523 g/mol. The number of hydrogen-bond donors (Lipinski definition) is 1. The van der Waals surface area contributed by atoms with E-state index in [2.05, 4.69) is 13.8 Å². The summed E-state index contributed by atoms with van der Waals surface area (Å²) in [6, 6.07) is 26.8.